The van der Waals surface area contributed by atoms with E-state index in [2.05, 4.69) is 15.2 Å². The molecular formula is C13H12N4O3S. The van der Waals surface area contributed by atoms with Crippen molar-refractivity contribution >= 4 is 16.8 Å². The third-order valence-electron chi connectivity index (χ3n) is 3.06. The number of nitrogens with zero attached hydrogens (tertiary/aromatic N) is 3. The molecule has 8 heteroatoms. The van der Waals surface area contributed by atoms with E-state index in [4.69, 9.17) is 4.74 Å². The Balaban J connectivity index is 2.18. The topological polar surface area (TPSA) is 95.3 Å². The minimum Gasteiger partial charge on any atom is -0.612 e. The summed E-state index contributed by atoms with van der Waals surface area (Å²) in [6, 6.07) is 5.23. The summed E-state index contributed by atoms with van der Waals surface area (Å²) in [5.41, 5.74) is 1.19. The molecule has 0 bridgehead atoms. The lowest BCUT2D eigenvalue weighted by atomic mass is 10.1. The summed E-state index contributed by atoms with van der Waals surface area (Å²) in [6.07, 6.45) is 4.76. The van der Waals surface area contributed by atoms with Gasteiger partial charge in [-0.25, -0.2) is 10.1 Å². The van der Waals surface area contributed by atoms with Crippen LogP contribution in [0.2, 0.25) is 0 Å². The first kappa shape index (κ1) is 13.7. The van der Waals surface area contributed by atoms with Crippen molar-refractivity contribution in [1.29, 1.82) is 0 Å². The second-order valence-electron chi connectivity index (χ2n) is 4.36. The molecule has 0 aliphatic rings. The standard InChI is InChI=1S/C13H12N4O3S/c1-20-11-5-8(21(2)19)3-4-9(11)10-6-17-7-14-16-13(18)12(17)15-10/h3-7H,1-2H3,(H,16,18). The second kappa shape index (κ2) is 5.23. The van der Waals surface area contributed by atoms with Crippen LogP contribution in [0.25, 0.3) is 16.9 Å². The van der Waals surface area contributed by atoms with Gasteiger partial charge in [0.05, 0.1) is 12.8 Å². The van der Waals surface area contributed by atoms with E-state index in [1.165, 1.54) is 13.4 Å². The predicted octanol–water partition coefficient (Wildman–Crippen LogP) is 0.831. The summed E-state index contributed by atoms with van der Waals surface area (Å²) in [4.78, 5) is 16.6. The molecule has 1 atom stereocenters. The number of rotatable bonds is 3. The molecule has 108 valence electrons. The number of hydrogen-bond acceptors (Lipinski definition) is 5. The van der Waals surface area contributed by atoms with Crippen molar-refractivity contribution in [3.63, 3.8) is 0 Å². The maximum Gasteiger partial charge on any atom is 0.307 e. The molecule has 1 unspecified atom stereocenters. The third kappa shape index (κ3) is 2.39. The second-order valence-corrected chi connectivity index (χ2v) is 5.74. The Bertz CT molecular complexity index is 856. The molecule has 1 N–H and O–H groups in total. The Morgan fingerprint density at radius 1 is 1.43 bits per heavy atom. The molecule has 2 aromatic heterocycles. The Morgan fingerprint density at radius 2 is 2.24 bits per heavy atom. The first-order chi connectivity index (χ1) is 10.1. The molecule has 3 aromatic rings. The number of hydrogen-bond donors (Lipinski definition) is 1. The van der Waals surface area contributed by atoms with Gasteiger partial charge in [0.25, 0.3) is 0 Å². The van der Waals surface area contributed by atoms with Crippen molar-refractivity contribution in [2.24, 2.45) is 0 Å². The van der Waals surface area contributed by atoms with Crippen molar-refractivity contribution in [3.05, 3.63) is 41.1 Å². The van der Waals surface area contributed by atoms with Gasteiger partial charge in [0.15, 0.2) is 4.90 Å². The fraction of sp³-hybridized carbons (Fsp3) is 0.154. The summed E-state index contributed by atoms with van der Waals surface area (Å²) in [5.74, 6) is 0.551. The normalized spacial score (nSPS) is 12.5. The van der Waals surface area contributed by atoms with E-state index in [1.54, 1.807) is 35.1 Å². The molecule has 0 radical (unpaired) electrons. The first-order valence-electron chi connectivity index (χ1n) is 6.04. The fourth-order valence-electron chi connectivity index (χ4n) is 2.04. The fourth-order valence-corrected chi connectivity index (χ4v) is 2.57. The molecule has 0 amide bonds. The molecule has 0 aliphatic heterocycles. The Kier molecular flexibility index (Phi) is 3.40. The zero-order valence-corrected chi connectivity index (χ0v) is 12.2. The van der Waals surface area contributed by atoms with Crippen molar-refractivity contribution < 1.29 is 9.29 Å². The molecule has 0 aliphatic carbocycles. The zero-order chi connectivity index (χ0) is 15.0. The van der Waals surface area contributed by atoms with Gasteiger partial charge >= 0.3 is 5.56 Å². The van der Waals surface area contributed by atoms with Crippen molar-refractivity contribution in [3.8, 4) is 17.0 Å². The first-order valence-corrected chi connectivity index (χ1v) is 7.60. The molecule has 0 saturated carbocycles. The van der Waals surface area contributed by atoms with E-state index in [0.717, 1.165) is 5.56 Å². The number of imidazole rings is 1. The van der Waals surface area contributed by atoms with E-state index >= 15 is 0 Å². The third-order valence-corrected chi connectivity index (χ3v) is 3.98. The van der Waals surface area contributed by atoms with E-state index in [0.29, 0.717) is 16.3 Å². The average molecular weight is 304 g/mol. The van der Waals surface area contributed by atoms with Crippen LogP contribution in [0.4, 0.5) is 0 Å². The predicted molar refractivity (Wildman–Crippen MR) is 77.9 cm³/mol. The van der Waals surface area contributed by atoms with Crippen LogP contribution < -0.4 is 10.3 Å². The largest absolute Gasteiger partial charge is 0.612 e. The zero-order valence-electron chi connectivity index (χ0n) is 11.4. The minimum atomic E-state index is -1.09. The Hall–Kier alpha value is -2.32. The molecule has 0 saturated heterocycles. The van der Waals surface area contributed by atoms with Gasteiger partial charge in [-0.3, -0.25) is 9.20 Å². The Morgan fingerprint density at radius 3 is 2.90 bits per heavy atom. The van der Waals surface area contributed by atoms with Gasteiger partial charge in [0.1, 0.15) is 18.3 Å². The minimum absolute atomic E-state index is 0.255. The summed E-state index contributed by atoms with van der Waals surface area (Å²) >= 11 is -1.09. The molecule has 3 rings (SSSR count). The van der Waals surface area contributed by atoms with Gasteiger partial charge < -0.3 is 9.29 Å². The van der Waals surface area contributed by atoms with Gasteiger partial charge in [-0.2, -0.15) is 5.10 Å². The Labute approximate surface area is 122 Å². The lowest BCUT2D eigenvalue weighted by Crippen LogP contribution is -2.10. The number of H-pyrrole nitrogens is 1. The lowest BCUT2D eigenvalue weighted by molar-refractivity contribution is 0.415. The molecular weight excluding hydrogens is 292 g/mol. The van der Waals surface area contributed by atoms with Crippen LogP contribution in [0.3, 0.4) is 0 Å². The maximum atomic E-state index is 11.6. The van der Waals surface area contributed by atoms with Gasteiger partial charge in [0.2, 0.25) is 5.65 Å². The highest BCUT2D eigenvalue weighted by Crippen LogP contribution is 2.31. The molecule has 0 fully saturated rings. The summed E-state index contributed by atoms with van der Waals surface area (Å²) in [6.45, 7) is 0. The molecule has 21 heavy (non-hydrogen) atoms. The van der Waals surface area contributed by atoms with E-state index in [-0.39, 0.29) is 11.2 Å². The number of fused-ring (bicyclic) bond motifs is 1. The van der Waals surface area contributed by atoms with E-state index in [1.807, 2.05) is 0 Å². The number of nitrogens with one attached hydrogen (secondary N) is 1. The highest BCUT2D eigenvalue weighted by molar-refractivity contribution is 7.90. The van der Waals surface area contributed by atoms with E-state index in [9.17, 15) is 9.35 Å². The number of benzene rings is 1. The number of aromatic nitrogens is 4. The lowest BCUT2D eigenvalue weighted by Gasteiger charge is -2.09. The summed E-state index contributed by atoms with van der Waals surface area (Å²) in [7, 11) is 1.53. The van der Waals surface area contributed by atoms with Gasteiger partial charge in [-0.15, -0.1) is 0 Å². The van der Waals surface area contributed by atoms with Crippen LogP contribution in [0.15, 0.2) is 40.4 Å². The van der Waals surface area contributed by atoms with Crippen molar-refractivity contribution in [2.75, 3.05) is 13.4 Å². The molecule has 0 spiro atoms. The average Bonchev–Trinajstić information content (AvgIpc) is 2.91. The van der Waals surface area contributed by atoms with Gasteiger partial charge in [0, 0.05) is 17.8 Å². The number of aromatic amines is 1. The van der Waals surface area contributed by atoms with Crippen LogP contribution in [0.1, 0.15) is 0 Å². The maximum absolute atomic E-state index is 11.6. The SMILES string of the molecule is COc1cc([S+](C)[O-])ccc1-c1cn2cn[nH]c(=O)c2n1. The number of methoxy groups -OCH3 is 1. The van der Waals surface area contributed by atoms with Crippen molar-refractivity contribution in [1.82, 2.24) is 19.6 Å². The highest BCUT2D eigenvalue weighted by Gasteiger charge is 2.15. The van der Waals surface area contributed by atoms with Gasteiger partial charge in [-0.1, -0.05) is 0 Å². The van der Waals surface area contributed by atoms with Gasteiger partial charge in [-0.05, 0) is 23.3 Å². The van der Waals surface area contributed by atoms with Crippen molar-refractivity contribution in [2.45, 2.75) is 4.90 Å². The molecule has 7 nitrogen and oxygen atoms in total. The summed E-state index contributed by atoms with van der Waals surface area (Å²) in [5, 5.41) is 6.04. The smallest absolute Gasteiger partial charge is 0.307 e. The van der Waals surface area contributed by atoms with Crippen LogP contribution >= 0.6 is 0 Å². The van der Waals surface area contributed by atoms with Crippen LogP contribution in [-0.4, -0.2) is 37.5 Å². The van der Waals surface area contributed by atoms with Crippen LogP contribution in [0, 0.1) is 0 Å². The molecule has 2 heterocycles. The van der Waals surface area contributed by atoms with Crippen LogP contribution in [-0.2, 0) is 11.2 Å². The van der Waals surface area contributed by atoms with Crippen LogP contribution in [0.5, 0.6) is 5.75 Å². The monoisotopic (exact) mass is 304 g/mol. The number of ether oxygens (including phenoxy) is 1. The highest BCUT2D eigenvalue weighted by atomic mass is 32.2. The van der Waals surface area contributed by atoms with E-state index < -0.39 is 11.2 Å². The quantitative estimate of drug-likeness (QED) is 0.723. The summed E-state index contributed by atoms with van der Waals surface area (Å²) < 4.78 is 18.4. The molecule has 1 aromatic carbocycles.